The van der Waals surface area contributed by atoms with Gasteiger partial charge in [-0.1, -0.05) is 6.92 Å². The van der Waals surface area contributed by atoms with Crippen LogP contribution in [0.1, 0.15) is 43.6 Å². The standard InChI is InChI=1S/C13H20N4/c1-2-11-7-12(17-6-5-10(14)8-17)16-13(15-11)9-3-4-9/h7,9-10H,2-6,8,14H2,1H3/t10-/m0/s1. The maximum absolute atomic E-state index is 5.96. The van der Waals surface area contributed by atoms with Crippen LogP contribution in [0.15, 0.2) is 6.07 Å². The quantitative estimate of drug-likeness (QED) is 0.857. The van der Waals surface area contributed by atoms with E-state index in [9.17, 15) is 0 Å². The highest BCUT2D eigenvalue weighted by atomic mass is 15.2. The van der Waals surface area contributed by atoms with Gasteiger partial charge in [0.15, 0.2) is 0 Å². The van der Waals surface area contributed by atoms with Crippen LogP contribution in [0.3, 0.4) is 0 Å². The molecule has 0 amide bonds. The Morgan fingerprint density at radius 2 is 2.18 bits per heavy atom. The first-order chi connectivity index (χ1) is 8.26. The Bertz CT molecular complexity index is 414. The fraction of sp³-hybridized carbons (Fsp3) is 0.692. The molecule has 0 spiro atoms. The summed E-state index contributed by atoms with van der Waals surface area (Å²) in [7, 11) is 0. The van der Waals surface area contributed by atoms with E-state index in [1.54, 1.807) is 0 Å². The van der Waals surface area contributed by atoms with Gasteiger partial charge >= 0.3 is 0 Å². The summed E-state index contributed by atoms with van der Waals surface area (Å²) in [6, 6.07) is 2.43. The molecule has 1 saturated heterocycles. The molecule has 1 aliphatic heterocycles. The number of anilines is 1. The predicted molar refractivity (Wildman–Crippen MR) is 68.2 cm³/mol. The van der Waals surface area contributed by atoms with Crippen LogP contribution in [0.5, 0.6) is 0 Å². The minimum absolute atomic E-state index is 0.305. The fourth-order valence-electron chi connectivity index (χ4n) is 2.37. The molecule has 3 rings (SSSR count). The zero-order valence-electron chi connectivity index (χ0n) is 10.4. The Labute approximate surface area is 102 Å². The minimum Gasteiger partial charge on any atom is -0.355 e. The second kappa shape index (κ2) is 4.26. The summed E-state index contributed by atoms with van der Waals surface area (Å²) in [6.07, 6.45) is 4.57. The van der Waals surface area contributed by atoms with Gasteiger partial charge in [0.05, 0.1) is 0 Å². The van der Waals surface area contributed by atoms with Gasteiger partial charge in [0.25, 0.3) is 0 Å². The van der Waals surface area contributed by atoms with E-state index in [-0.39, 0.29) is 0 Å². The van der Waals surface area contributed by atoms with Crippen molar-refractivity contribution in [2.75, 3.05) is 18.0 Å². The van der Waals surface area contributed by atoms with Gasteiger partial charge in [-0.2, -0.15) is 0 Å². The molecule has 4 heteroatoms. The lowest BCUT2D eigenvalue weighted by Crippen LogP contribution is -2.27. The van der Waals surface area contributed by atoms with E-state index in [4.69, 9.17) is 10.7 Å². The van der Waals surface area contributed by atoms with Crippen LogP contribution < -0.4 is 10.6 Å². The summed E-state index contributed by atoms with van der Waals surface area (Å²) in [6.45, 7) is 4.12. The van der Waals surface area contributed by atoms with Crippen LogP contribution in [0.4, 0.5) is 5.82 Å². The van der Waals surface area contributed by atoms with Crippen molar-refractivity contribution in [2.45, 2.75) is 44.6 Å². The molecule has 2 fully saturated rings. The summed E-state index contributed by atoms with van der Waals surface area (Å²) in [5.41, 5.74) is 7.12. The van der Waals surface area contributed by atoms with Crippen LogP contribution in [-0.4, -0.2) is 29.1 Å². The lowest BCUT2D eigenvalue weighted by molar-refractivity contribution is 0.750. The molecule has 0 radical (unpaired) electrons. The lowest BCUT2D eigenvalue weighted by Gasteiger charge is -2.18. The van der Waals surface area contributed by atoms with E-state index in [0.717, 1.165) is 43.3 Å². The van der Waals surface area contributed by atoms with Crippen molar-refractivity contribution in [3.8, 4) is 0 Å². The van der Waals surface area contributed by atoms with Crippen LogP contribution >= 0.6 is 0 Å². The number of rotatable bonds is 3. The van der Waals surface area contributed by atoms with E-state index in [2.05, 4.69) is 22.9 Å². The molecule has 1 aliphatic carbocycles. The van der Waals surface area contributed by atoms with Crippen molar-refractivity contribution < 1.29 is 0 Å². The van der Waals surface area contributed by atoms with Gasteiger partial charge in [0.1, 0.15) is 11.6 Å². The average molecular weight is 232 g/mol. The highest BCUT2D eigenvalue weighted by molar-refractivity contribution is 5.42. The van der Waals surface area contributed by atoms with Crippen molar-refractivity contribution in [1.29, 1.82) is 0 Å². The second-order valence-electron chi connectivity index (χ2n) is 5.20. The van der Waals surface area contributed by atoms with Gasteiger partial charge in [0, 0.05) is 36.8 Å². The van der Waals surface area contributed by atoms with E-state index in [1.165, 1.54) is 12.8 Å². The number of hydrogen-bond donors (Lipinski definition) is 1. The van der Waals surface area contributed by atoms with Crippen molar-refractivity contribution in [1.82, 2.24) is 9.97 Å². The third kappa shape index (κ3) is 2.27. The monoisotopic (exact) mass is 232 g/mol. The minimum atomic E-state index is 0.305. The normalized spacial score (nSPS) is 24.4. The summed E-state index contributed by atoms with van der Waals surface area (Å²) in [5.74, 6) is 2.77. The molecule has 92 valence electrons. The molecule has 1 atom stereocenters. The van der Waals surface area contributed by atoms with E-state index >= 15 is 0 Å². The Morgan fingerprint density at radius 1 is 1.35 bits per heavy atom. The number of aromatic nitrogens is 2. The van der Waals surface area contributed by atoms with Crippen LogP contribution in [0.2, 0.25) is 0 Å². The first kappa shape index (κ1) is 11.0. The van der Waals surface area contributed by atoms with Gasteiger partial charge < -0.3 is 10.6 Å². The van der Waals surface area contributed by atoms with Gasteiger partial charge in [-0.05, 0) is 25.7 Å². The second-order valence-corrected chi connectivity index (χ2v) is 5.20. The molecule has 17 heavy (non-hydrogen) atoms. The average Bonchev–Trinajstić information content (AvgIpc) is 3.11. The van der Waals surface area contributed by atoms with Crippen molar-refractivity contribution >= 4 is 5.82 Å². The highest BCUT2D eigenvalue weighted by Crippen LogP contribution is 2.38. The lowest BCUT2D eigenvalue weighted by atomic mass is 10.3. The SMILES string of the molecule is CCc1cc(N2CC[C@H](N)C2)nc(C2CC2)n1. The van der Waals surface area contributed by atoms with Crippen molar-refractivity contribution in [2.24, 2.45) is 5.73 Å². The third-order valence-corrected chi connectivity index (χ3v) is 3.64. The molecule has 4 nitrogen and oxygen atoms in total. The number of aryl methyl sites for hydroxylation is 1. The Morgan fingerprint density at radius 3 is 2.76 bits per heavy atom. The molecule has 0 aromatic carbocycles. The topological polar surface area (TPSA) is 55.0 Å². The Hall–Kier alpha value is -1.16. The molecular weight excluding hydrogens is 212 g/mol. The molecule has 1 aromatic heterocycles. The zero-order valence-corrected chi connectivity index (χ0v) is 10.4. The van der Waals surface area contributed by atoms with Crippen LogP contribution in [0.25, 0.3) is 0 Å². The first-order valence-electron chi connectivity index (χ1n) is 6.64. The maximum Gasteiger partial charge on any atom is 0.134 e. The van der Waals surface area contributed by atoms with Crippen LogP contribution in [-0.2, 0) is 6.42 Å². The zero-order chi connectivity index (χ0) is 11.8. The van der Waals surface area contributed by atoms with Gasteiger partial charge in [-0.25, -0.2) is 9.97 Å². The van der Waals surface area contributed by atoms with Crippen molar-refractivity contribution in [3.63, 3.8) is 0 Å². The molecular formula is C13H20N4. The molecule has 2 N–H and O–H groups in total. The first-order valence-corrected chi connectivity index (χ1v) is 6.64. The molecule has 2 heterocycles. The summed E-state index contributed by atoms with van der Waals surface area (Å²) >= 11 is 0. The Kier molecular flexibility index (Phi) is 2.74. The molecule has 1 aromatic rings. The molecule has 2 aliphatic rings. The molecule has 0 bridgehead atoms. The van der Waals surface area contributed by atoms with E-state index in [0.29, 0.717) is 12.0 Å². The summed E-state index contributed by atoms with van der Waals surface area (Å²) in [5, 5.41) is 0. The number of hydrogen-bond acceptors (Lipinski definition) is 4. The van der Waals surface area contributed by atoms with E-state index in [1.807, 2.05) is 0 Å². The van der Waals surface area contributed by atoms with Crippen molar-refractivity contribution in [3.05, 3.63) is 17.6 Å². The largest absolute Gasteiger partial charge is 0.355 e. The number of nitrogens with zero attached hydrogens (tertiary/aromatic N) is 3. The highest BCUT2D eigenvalue weighted by Gasteiger charge is 2.28. The fourth-order valence-corrected chi connectivity index (χ4v) is 2.37. The third-order valence-electron chi connectivity index (χ3n) is 3.64. The van der Waals surface area contributed by atoms with Crippen LogP contribution in [0, 0.1) is 0 Å². The summed E-state index contributed by atoms with van der Waals surface area (Å²) < 4.78 is 0. The molecule has 0 unspecified atom stereocenters. The molecule has 1 saturated carbocycles. The predicted octanol–water partition coefficient (Wildman–Crippen LogP) is 1.45. The number of nitrogens with two attached hydrogens (primary N) is 1. The van der Waals surface area contributed by atoms with Gasteiger partial charge in [0.2, 0.25) is 0 Å². The Balaban J connectivity index is 1.89. The smallest absolute Gasteiger partial charge is 0.134 e. The van der Waals surface area contributed by atoms with Gasteiger partial charge in [-0.15, -0.1) is 0 Å². The van der Waals surface area contributed by atoms with Gasteiger partial charge in [-0.3, -0.25) is 0 Å². The maximum atomic E-state index is 5.96. The van der Waals surface area contributed by atoms with E-state index < -0.39 is 0 Å². The summed E-state index contributed by atoms with van der Waals surface area (Å²) in [4.78, 5) is 11.7.